The van der Waals surface area contributed by atoms with E-state index in [1.807, 2.05) is 32.0 Å². The first-order valence-corrected chi connectivity index (χ1v) is 18.7. The van der Waals surface area contributed by atoms with E-state index in [0.717, 1.165) is 43.9 Å². The summed E-state index contributed by atoms with van der Waals surface area (Å²) >= 11 is 0. The van der Waals surface area contributed by atoms with Crippen LogP contribution < -0.4 is 29.6 Å². The number of nitrogens with one attached hydrogen (secondary N) is 2. The number of hydrogen-bond acceptors (Lipinski definition) is 12. The number of Topliss-reactive ketones (excluding diaryl/α,β-unsaturated/α-hetero) is 1. The maximum Gasteiger partial charge on any atom is 0.262 e. The number of hydrogen-bond donors (Lipinski definition) is 2. The summed E-state index contributed by atoms with van der Waals surface area (Å²) in [6, 6.07) is 15.9. The molecule has 0 spiro atoms. The minimum atomic E-state index is -0.531. The summed E-state index contributed by atoms with van der Waals surface area (Å²) in [5.41, 5.74) is 2.90. The number of aromatic nitrogens is 2. The molecule has 6 rings (SSSR count). The lowest BCUT2D eigenvalue weighted by Crippen LogP contribution is -2.49. The van der Waals surface area contributed by atoms with Crippen LogP contribution in [0, 0.1) is 19.7 Å². The second-order valence-electron chi connectivity index (χ2n) is 14.1. The van der Waals surface area contributed by atoms with Gasteiger partial charge in [-0.15, -0.1) is 0 Å². The van der Waals surface area contributed by atoms with Gasteiger partial charge in [-0.25, -0.2) is 9.37 Å². The minimum Gasteiger partial charge on any atom is -0.493 e. The number of carbonyl (C=O) groups is 2. The molecule has 4 aromatic rings. The molecule has 3 aromatic carbocycles. The number of likely N-dealkylation sites (tertiary alicyclic amines) is 1. The number of anilines is 3. The van der Waals surface area contributed by atoms with E-state index in [-0.39, 0.29) is 34.7 Å². The van der Waals surface area contributed by atoms with E-state index in [4.69, 9.17) is 18.9 Å². The summed E-state index contributed by atoms with van der Waals surface area (Å²) in [6.07, 6.45) is 1.93. The molecule has 0 aliphatic carbocycles. The van der Waals surface area contributed by atoms with Crippen LogP contribution >= 0.6 is 0 Å². The molecular formula is C41H50FN7O6. The van der Waals surface area contributed by atoms with Crippen molar-refractivity contribution in [1.82, 2.24) is 24.7 Å². The number of ketones is 1. The van der Waals surface area contributed by atoms with Crippen LogP contribution in [0.3, 0.4) is 0 Å². The Hall–Kier alpha value is -5.31. The number of halogens is 1. The van der Waals surface area contributed by atoms with Crippen molar-refractivity contribution >= 4 is 29.0 Å². The van der Waals surface area contributed by atoms with E-state index in [2.05, 4.69) is 49.1 Å². The van der Waals surface area contributed by atoms with Crippen LogP contribution in [0.1, 0.15) is 41.8 Å². The molecular weight excluding hydrogens is 705 g/mol. The molecule has 2 saturated heterocycles. The van der Waals surface area contributed by atoms with Gasteiger partial charge < -0.3 is 29.6 Å². The summed E-state index contributed by atoms with van der Waals surface area (Å²) in [7, 11) is 1.50. The van der Waals surface area contributed by atoms with Crippen LogP contribution in [0.4, 0.5) is 21.7 Å². The Bertz CT molecular complexity index is 1950. The SMILES string of the molecule is COc1cc(OCCN2CCC(=O)C2)ccc1Oc1nc(Nc2ccc(OCCN3CCN(C(C)C)CC3)c(F)c2)ncc1C(=O)Nc1c(C)cccc1C. The molecule has 2 N–H and O–H groups in total. The van der Waals surface area contributed by atoms with Crippen molar-refractivity contribution in [3.8, 4) is 28.9 Å². The predicted molar refractivity (Wildman–Crippen MR) is 209 cm³/mol. The van der Waals surface area contributed by atoms with Crippen molar-refractivity contribution in [3.63, 3.8) is 0 Å². The molecule has 1 amide bonds. The van der Waals surface area contributed by atoms with Crippen LogP contribution in [-0.4, -0.2) is 115 Å². The van der Waals surface area contributed by atoms with Crippen LogP contribution in [0.2, 0.25) is 0 Å². The fourth-order valence-corrected chi connectivity index (χ4v) is 6.57. The Morgan fingerprint density at radius 3 is 2.31 bits per heavy atom. The minimum absolute atomic E-state index is 0.0541. The zero-order valence-corrected chi connectivity index (χ0v) is 32.2. The highest BCUT2D eigenvalue weighted by Crippen LogP contribution is 2.36. The van der Waals surface area contributed by atoms with Crippen molar-refractivity contribution in [1.29, 1.82) is 0 Å². The highest BCUT2D eigenvalue weighted by atomic mass is 19.1. The number of benzene rings is 3. The van der Waals surface area contributed by atoms with Crippen LogP contribution in [0.5, 0.6) is 28.9 Å². The summed E-state index contributed by atoms with van der Waals surface area (Å²) in [5.74, 6) is 0.573. The van der Waals surface area contributed by atoms with Crippen molar-refractivity contribution < 1.29 is 32.9 Å². The Morgan fingerprint density at radius 2 is 1.62 bits per heavy atom. The van der Waals surface area contributed by atoms with Gasteiger partial charge in [0, 0.05) is 88.0 Å². The van der Waals surface area contributed by atoms with Gasteiger partial charge in [0.2, 0.25) is 11.8 Å². The molecule has 13 nitrogen and oxygen atoms in total. The molecule has 2 fully saturated rings. The second-order valence-corrected chi connectivity index (χ2v) is 14.1. The molecule has 2 aliphatic heterocycles. The summed E-state index contributed by atoms with van der Waals surface area (Å²) in [4.78, 5) is 41.1. The standard InChI is InChI=1S/C41H50FN7O6/c1-27(2)49-17-15-47(16-18-49)19-22-54-35-11-9-30(23-34(35)42)44-41-43-25-33(39(51)45-38-28(3)7-6-8-29(38)4)40(46-41)55-36-12-10-32(24-37(36)52-5)53-21-20-48-14-13-31(50)26-48/h6-12,23-25,27H,13-22,26H2,1-5H3,(H,45,51)(H,43,44,46). The Kier molecular flexibility index (Phi) is 13.1. The zero-order chi connectivity index (χ0) is 38.9. The number of para-hydroxylation sites is 1. The van der Waals surface area contributed by atoms with E-state index in [1.54, 1.807) is 30.3 Å². The molecule has 0 radical (unpaired) electrons. The molecule has 2 aliphatic rings. The first kappa shape index (κ1) is 39.4. The van der Waals surface area contributed by atoms with Gasteiger partial charge in [-0.3, -0.25) is 24.3 Å². The monoisotopic (exact) mass is 755 g/mol. The largest absolute Gasteiger partial charge is 0.493 e. The summed E-state index contributed by atoms with van der Waals surface area (Å²) in [6.45, 7) is 15.5. The number of piperazine rings is 1. The highest BCUT2D eigenvalue weighted by molar-refractivity contribution is 6.06. The van der Waals surface area contributed by atoms with Gasteiger partial charge in [-0.05, 0) is 63.1 Å². The number of aryl methyl sites for hydroxylation is 2. The Morgan fingerprint density at radius 1 is 0.891 bits per heavy atom. The molecule has 292 valence electrons. The van der Waals surface area contributed by atoms with Crippen molar-refractivity contribution in [3.05, 3.63) is 83.3 Å². The first-order valence-electron chi connectivity index (χ1n) is 18.7. The number of rotatable bonds is 16. The first-order chi connectivity index (χ1) is 26.6. The average molecular weight is 756 g/mol. The fourth-order valence-electron chi connectivity index (χ4n) is 6.57. The van der Waals surface area contributed by atoms with Crippen LogP contribution in [0.25, 0.3) is 0 Å². The van der Waals surface area contributed by atoms with E-state index >= 15 is 4.39 Å². The van der Waals surface area contributed by atoms with Crippen molar-refractivity contribution in [2.24, 2.45) is 0 Å². The van der Waals surface area contributed by atoms with Gasteiger partial charge in [-0.1, -0.05) is 18.2 Å². The van der Waals surface area contributed by atoms with Gasteiger partial charge in [0.25, 0.3) is 5.91 Å². The Balaban J connectivity index is 1.16. The van der Waals surface area contributed by atoms with Gasteiger partial charge in [0.15, 0.2) is 23.1 Å². The highest BCUT2D eigenvalue weighted by Gasteiger charge is 2.23. The topological polar surface area (TPSA) is 131 Å². The molecule has 0 unspecified atom stereocenters. The maximum atomic E-state index is 15.2. The lowest BCUT2D eigenvalue weighted by molar-refractivity contribution is -0.116. The molecule has 55 heavy (non-hydrogen) atoms. The number of ether oxygens (including phenoxy) is 4. The average Bonchev–Trinajstić information content (AvgIpc) is 3.59. The zero-order valence-electron chi connectivity index (χ0n) is 32.2. The fraction of sp³-hybridized carbons (Fsp3) is 0.415. The van der Waals surface area contributed by atoms with E-state index in [9.17, 15) is 9.59 Å². The van der Waals surface area contributed by atoms with Gasteiger partial charge in [0.05, 0.1) is 13.7 Å². The quantitative estimate of drug-likeness (QED) is 0.137. The third kappa shape index (κ3) is 10.5. The lowest BCUT2D eigenvalue weighted by atomic mass is 10.1. The maximum absolute atomic E-state index is 15.2. The molecule has 0 bridgehead atoms. The summed E-state index contributed by atoms with van der Waals surface area (Å²) in [5, 5.41) is 5.99. The number of carbonyl (C=O) groups excluding carboxylic acids is 2. The number of amides is 1. The van der Waals surface area contributed by atoms with Crippen molar-refractivity contribution in [2.75, 3.05) is 83.3 Å². The van der Waals surface area contributed by atoms with Gasteiger partial charge in [-0.2, -0.15) is 4.98 Å². The normalized spacial score (nSPS) is 15.3. The van der Waals surface area contributed by atoms with Gasteiger partial charge in [0.1, 0.15) is 30.3 Å². The molecule has 0 atom stereocenters. The van der Waals surface area contributed by atoms with E-state index in [0.29, 0.717) is 68.2 Å². The molecule has 3 heterocycles. The van der Waals surface area contributed by atoms with Crippen molar-refractivity contribution in [2.45, 2.75) is 40.2 Å². The summed E-state index contributed by atoms with van der Waals surface area (Å²) < 4.78 is 38.8. The Labute approximate surface area is 321 Å². The smallest absolute Gasteiger partial charge is 0.262 e. The van der Waals surface area contributed by atoms with Crippen LogP contribution in [-0.2, 0) is 4.79 Å². The molecule has 14 heteroatoms. The van der Waals surface area contributed by atoms with E-state index in [1.165, 1.54) is 19.4 Å². The predicted octanol–water partition coefficient (Wildman–Crippen LogP) is 6.09. The number of nitrogens with zero attached hydrogens (tertiary/aromatic N) is 5. The number of methoxy groups -OCH3 is 1. The van der Waals surface area contributed by atoms with Crippen LogP contribution in [0.15, 0.2) is 60.8 Å². The molecule has 1 aromatic heterocycles. The van der Waals surface area contributed by atoms with E-state index < -0.39 is 11.7 Å². The third-order valence-electron chi connectivity index (χ3n) is 9.83. The molecule has 0 saturated carbocycles. The third-order valence-corrected chi connectivity index (χ3v) is 9.83. The van der Waals surface area contributed by atoms with Gasteiger partial charge >= 0.3 is 0 Å². The second kappa shape index (κ2) is 18.3. The lowest BCUT2D eigenvalue weighted by Gasteiger charge is -2.36.